The second kappa shape index (κ2) is 5.99. The summed E-state index contributed by atoms with van der Waals surface area (Å²) in [7, 11) is 0. The summed E-state index contributed by atoms with van der Waals surface area (Å²) in [5.41, 5.74) is 0.574. The molecule has 1 fully saturated rings. The predicted octanol–water partition coefficient (Wildman–Crippen LogP) is 2.70. The van der Waals surface area contributed by atoms with Gasteiger partial charge in [0.2, 0.25) is 5.82 Å². The lowest BCUT2D eigenvalue weighted by molar-refractivity contribution is -0.159. The molecule has 1 aliphatic heterocycles. The standard InChI is InChI=1S/C14H11F3N2O4/c15-14(16,17)13-18-11(19-23-13)8-1-3-9(4-2-8)12(20)22-10-5-6-21-7-10/h1-4,10H,5-7H2/t10-/m1/s1. The number of halogens is 3. The number of rotatable bonds is 3. The normalized spacial score (nSPS) is 18.1. The molecule has 1 saturated heterocycles. The third-order valence-electron chi connectivity index (χ3n) is 3.21. The number of alkyl halides is 3. The fourth-order valence-corrected chi connectivity index (χ4v) is 2.04. The molecule has 9 heteroatoms. The van der Waals surface area contributed by atoms with Crippen molar-refractivity contribution in [1.82, 2.24) is 10.1 Å². The Morgan fingerprint density at radius 1 is 1.26 bits per heavy atom. The number of esters is 1. The number of carbonyl (C=O) groups is 1. The van der Waals surface area contributed by atoms with Crippen molar-refractivity contribution in [1.29, 1.82) is 0 Å². The van der Waals surface area contributed by atoms with Crippen LogP contribution < -0.4 is 0 Å². The van der Waals surface area contributed by atoms with Crippen LogP contribution in [0.15, 0.2) is 28.8 Å². The molecular weight excluding hydrogens is 317 g/mol. The van der Waals surface area contributed by atoms with E-state index in [0.717, 1.165) is 0 Å². The van der Waals surface area contributed by atoms with Crippen molar-refractivity contribution in [2.24, 2.45) is 0 Å². The van der Waals surface area contributed by atoms with Crippen LogP contribution in [0, 0.1) is 0 Å². The van der Waals surface area contributed by atoms with E-state index < -0.39 is 18.0 Å². The Morgan fingerprint density at radius 2 is 2.00 bits per heavy atom. The first kappa shape index (κ1) is 15.5. The molecule has 2 heterocycles. The fraction of sp³-hybridized carbons (Fsp3) is 0.357. The van der Waals surface area contributed by atoms with Crippen molar-refractivity contribution in [2.75, 3.05) is 13.2 Å². The van der Waals surface area contributed by atoms with Crippen LogP contribution in [0.25, 0.3) is 11.4 Å². The van der Waals surface area contributed by atoms with Gasteiger partial charge in [0.1, 0.15) is 6.10 Å². The maximum absolute atomic E-state index is 12.4. The van der Waals surface area contributed by atoms with E-state index in [4.69, 9.17) is 9.47 Å². The summed E-state index contributed by atoms with van der Waals surface area (Å²) in [6.07, 6.45) is -4.32. The maximum Gasteiger partial charge on any atom is 0.471 e. The van der Waals surface area contributed by atoms with Crippen molar-refractivity contribution in [3.05, 3.63) is 35.7 Å². The van der Waals surface area contributed by atoms with Gasteiger partial charge in [0.25, 0.3) is 0 Å². The number of aromatic nitrogens is 2. The molecule has 2 aromatic rings. The number of hydrogen-bond donors (Lipinski definition) is 0. The third kappa shape index (κ3) is 3.50. The minimum Gasteiger partial charge on any atom is -0.456 e. The zero-order chi connectivity index (χ0) is 16.4. The molecule has 122 valence electrons. The minimum atomic E-state index is -4.70. The highest BCUT2D eigenvalue weighted by Crippen LogP contribution is 2.29. The Hall–Kier alpha value is -2.42. The van der Waals surface area contributed by atoms with Gasteiger partial charge in [-0.2, -0.15) is 18.2 Å². The second-order valence-corrected chi connectivity index (χ2v) is 4.89. The first-order valence-corrected chi connectivity index (χ1v) is 6.73. The Balaban J connectivity index is 1.71. The second-order valence-electron chi connectivity index (χ2n) is 4.89. The Labute approximate surface area is 128 Å². The fourth-order valence-electron chi connectivity index (χ4n) is 2.04. The van der Waals surface area contributed by atoms with Gasteiger partial charge < -0.3 is 14.0 Å². The topological polar surface area (TPSA) is 74.5 Å². The van der Waals surface area contributed by atoms with E-state index in [1.165, 1.54) is 24.3 Å². The first-order chi connectivity index (χ1) is 10.9. The molecule has 0 bridgehead atoms. The molecule has 1 aromatic carbocycles. The number of carbonyl (C=O) groups excluding carboxylic acids is 1. The van der Waals surface area contributed by atoms with Crippen LogP contribution in [0.1, 0.15) is 22.7 Å². The van der Waals surface area contributed by atoms with Crippen LogP contribution in [0.5, 0.6) is 0 Å². The Kier molecular flexibility index (Phi) is 4.03. The Bertz CT molecular complexity index is 691. The lowest BCUT2D eigenvalue weighted by Crippen LogP contribution is -2.17. The van der Waals surface area contributed by atoms with Gasteiger partial charge in [-0.3, -0.25) is 0 Å². The summed E-state index contributed by atoms with van der Waals surface area (Å²) < 4.78 is 51.7. The van der Waals surface area contributed by atoms with E-state index in [1.807, 2.05) is 0 Å². The smallest absolute Gasteiger partial charge is 0.456 e. The van der Waals surface area contributed by atoms with Crippen LogP contribution in [-0.2, 0) is 15.7 Å². The predicted molar refractivity (Wildman–Crippen MR) is 69.4 cm³/mol. The van der Waals surface area contributed by atoms with Gasteiger partial charge in [-0.1, -0.05) is 17.3 Å². The quantitative estimate of drug-likeness (QED) is 0.807. The SMILES string of the molecule is O=C(O[C@@H]1CCOC1)c1ccc(-c2noc(C(F)(F)F)n2)cc1. The molecule has 3 rings (SSSR count). The molecule has 0 amide bonds. The van der Waals surface area contributed by atoms with E-state index in [2.05, 4.69) is 14.7 Å². The summed E-state index contributed by atoms with van der Waals surface area (Å²) in [5, 5.41) is 3.27. The zero-order valence-corrected chi connectivity index (χ0v) is 11.7. The number of ether oxygens (including phenoxy) is 2. The van der Waals surface area contributed by atoms with E-state index in [9.17, 15) is 18.0 Å². The number of hydrogen-bond acceptors (Lipinski definition) is 6. The molecular formula is C14H11F3N2O4. The van der Waals surface area contributed by atoms with Crippen molar-refractivity contribution in [2.45, 2.75) is 18.7 Å². The lowest BCUT2D eigenvalue weighted by atomic mass is 10.1. The van der Waals surface area contributed by atoms with E-state index in [1.54, 1.807) is 0 Å². The van der Waals surface area contributed by atoms with Crippen LogP contribution in [0.3, 0.4) is 0 Å². The molecule has 0 unspecified atom stereocenters. The van der Waals surface area contributed by atoms with E-state index in [0.29, 0.717) is 25.2 Å². The highest BCUT2D eigenvalue weighted by atomic mass is 19.4. The van der Waals surface area contributed by atoms with Crippen molar-refractivity contribution < 1.29 is 32.0 Å². The average Bonchev–Trinajstić information content (AvgIpc) is 3.18. The lowest BCUT2D eigenvalue weighted by Gasteiger charge is -2.09. The monoisotopic (exact) mass is 328 g/mol. The molecule has 1 aromatic heterocycles. The third-order valence-corrected chi connectivity index (χ3v) is 3.21. The van der Waals surface area contributed by atoms with Crippen LogP contribution >= 0.6 is 0 Å². The van der Waals surface area contributed by atoms with Crippen LogP contribution in [-0.4, -0.2) is 35.4 Å². The first-order valence-electron chi connectivity index (χ1n) is 6.73. The highest BCUT2D eigenvalue weighted by molar-refractivity contribution is 5.90. The van der Waals surface area contributed by atoms with Gasteiger partial charge in [0.05, 0.1) is 18.8 Å². The van der Waals surface area contributed by atoms with E-state index >= 15 is 0 Å². The van der Waals surface area contributed by atoms with Gasteiger partial charge in [0.15, 0.2) is 0 Å². The Morgan fingerprint density at radius 3 is 2.57 bits per heavy atom. The van der Waals surface area contributed by atoms with Gasteiger partial charge in [0, 0.05) is 12.0 Å². The van der Waals surface area contributed by atoms with Gasteiger partial charge in [-0.15, -0.1) is 0 Å². The van der Waals surface area contributed by atoms with Crippen LogP contribution in [0.2, 0.25) is 0 Å². The summed E-state index contributed by atoms with van der Waals surface area (Å²) in [6.45, 7) is 0.920. The van der Waals surface area contributed by atoms with Gasteiger partial charge >= 0.3 is 18.0 Å². The molecule has 23 heavy (non-hydrogen) atoms. The van der Waals surface area contributed by atoms with Crippen molar-refractivity contribution >= 4 is 5.97 Å². The highest BCUT2D eigenvalue weighted by Gasteiger charge is 2.38. The zero-order valence-electron chi connectivity index (χ0n) is 11.7. The maximum atomic E-state index is 12.4. The molecule has 1 atom stereocenters. The van der Waals surface area contributed by atoms with Gasteiger partial charge in [-0.05, 0) is 12.1 Å². The molecule has 0 radical (unpaired) electrons. The summed E-state index contributed by atoms with van der Waals surface area (Å²) in [6, 6.07) is 5.70. The largest absolute Gasteiger partial charge is 0.471 e. The molecule has 6 nitrogen and oxygen atoms in total. The van der Waals surface area contributed by atoms with Crippen molar-refractivity contribution in [3.8, 4) is 11.4 Å². The molecule has 0 saturated carbocycles. The molecule has 1 aliphatic rings. The molecule has 0 aliphatic carbocycles. The summed E-state index contributed by atoms with van der Waals surface area (Å²) in [4.78, 5) is 15.2. The van der Waals surface area contributed by atoms with Crippen LogP contribution in [0.4, 0.5) is 13.2 Å². The van der Waals surface area contributed by atoms with Crippen molar-refractivity contribution in [3.63, 3.8) is 0 Å². The molecule has 0 spiro atoms. The number of nitrogens with zero attached hydrogens (tertiary/aromatic N) is 2. The average molecular weight is 328 g/mol. The number of benzene rings is 1. The summed E-state index contributed by atoms with van der Waals surface area (Å²) in [5.74, 6) is -2.14. The van der Waals surface area contributed by atoms with Gasteiger partial charge in [-0.25, -0.2) is 4.79 Å². The van der Waals surface area contributed by atoms with E-state index in [-0.39, 0.29) is 17.5 Å². The summed E-state index contributed by atoms with van der Waals surface area (Å²) >= 11 is 0. The minimum absolute atomic E-state index is 0.207. The molecule has 0 N–H and O–H groups in total.